The van der Waals surface area contributed by atoms with Crippen LogP contribution in [0.4, 0.5) is 0 Å². The molecule has 1 saturated heterocycles. The van der Waals surface area contributed by atoms with Gasteiger partial charge in [0.25, 0.3) is 5.91 Å². The molecule has 2 heterocycles. The van der Waals surface area contributed by atoms with Crippen molar-refractivity contribution < 1.29 is 14.3 Å². The number of benzene rings is 1. The van der Waals surface area contributed by atoms with Crippen molar-refractivity contribution >= 4 is 5.91 Å². The molecule has 0 aliphatic carbocycles. The van der Waals surface area contributed by atoms with Gasteiger partial charge in [0.1, 0.15) is 11.9 Å². The summed E-state index contributed by atoms with van der Waals surface area (Å²) in [5.74, 6) is 2.04. The lowest BCUT2D eigenvalue weighted by Gasteiger charge is -2.35. The smallest absolute Gasteiger partial charge is 0.254 e. The number of nitrogens with zero attached hydrogens (tertiary/aromatic N) is 3. The van der Waals surface area contributed by atoms with E-state index in [2.05, 4.69) is 10.3 Å². The summed E-state index contributed by atoms with van der Waals surface area (Å²) in [7, 11) is 3.53. The van der Waals surface area contributed by atoms with Gasteiger partial charge in [0.15, 0.2) is 11.5 Å². The summed E-state index contributed by atoms with van der Waals surface area (Å²) in [5, 5.41) is 3.35. The van der Waals surface area contributed by atoms with Gasteiger partial charge >= 0.3 is 0 Å². The molecule has 3 rings (SSSR count). The van der Waals surface area contributed by atoms with Crippen molar-refractivity contribution in [3.05, 3.63) is 42.0 Å². The van der Waals surface area contributed by atoms with Gasteiger partial charge in [-0.3, -0.25) is 4.79 Å². The highest BCUT2D eigenvalue weighted by atomic mass is 16.5. The third-order valence-electron chi connectivity index (χ3n) is 4.43. The van der Waals surface area contributed by atoms with Crippen LogP contribution in [-0.4, -0.2) is 53.2 Å². The van der Waals surface area contributed by atoms with Crippen molar-refractivity contribution in [1.29, 1.82) is 0 Å². The number of ether oxygens (including phenoxy) is 2. The second-order valence-electron chi connectivity index (χ2n) is 6.65. The first kappa shape index (κ1) is 18.3. The first-order chi connectivity index (χ1) is 12.5. The summed E-state index contributed by atoms with van der Waals surface area (Å²) in [6, 6.07) is 5.23. The maximum Gasteiger partial charge on any atom is 0.254 e. The number of aryl methyl sites for hydroxylation is 1. The molecular formula is C19H26N4O3. The number of hydrogen-bond donors (Lipinski definition) is 1. The Morgan fingerprint density at radius 3 is 2.81 bits per heavy atom. The number of imidazole rings is 1. The number of nitrogens with one attached hydrogen (secondary N) is 1. The summed E-state index contributed by atoms with van der Waals surface area (Å²) in [4.78, 5) is 19.5. The molecule has 1 aliphatic rings. The van der Waals surface area contributed by atoms with E-state index in [1.54, 1.807) is 31.5 Å². The minimum atomic E-state index is -0.103. The van der Waals surface area contributed by atoms with Crippen LogP contribution in [0.25, 0.3) is 0 Å². The number of aromatic nitrogens is 2. The van der Waals surface area contributed by atoms with Crippen LogP contribution in [0.1, 0.15) is 36.1 Å². The Hall–Kier alpha value is -2.54. The highest BCUT2D eigenvalue weighted by molar-refractivity contribution is 5.95. The van der Waals surface area contributed by atoms with Gasteiger partial charge in [0, 0.05) is 44.6 Å². The Bertz CT molecular complexity index is 772. The zero-order valence-electron chi connectivity index (χ0n) is 15.7. The first-order valence-corrected chi connectivity index (χ1v) is 8.85. The molecule has 1 amide bonds. The molecule has 0 saturated carbocycles. The average Bonchev–Trinajstić information content (AvgIpc) is 3.07. The predicted molar refractivity (Wildman–Crippen MR) is 98.6 cm³/mol. The number of carbonyl (C=O) groups excluding carboxylic acids is 1. The third-order valence-corrected chi connectivity index (χ3v) is 4.43. The molecule has 1 fully saturated rings. The van der Waals surface area contributed by atoms with Crippen LogP contribution in [0.5, 0.6) is 11.5 Å². The van der Waals surface area contributed by atoms with E-state index < -0.39 is 0 Å². The molecule has 26 heavy (non-hydrogen) atoms. The topological polar surface area (TPSA) is 68.6 Å². The minimum Gasteiger partial charge on any atom is -0.493 e. The lowest BCUT2D eigenvalue weighted by Crippen LogP contribution is -2.49. The molecule has 1 unspecified atom stereocenters. The zero-order valence-corrected chi connectivity index (χ0v) is 15.7. The first-order valence-electron chi connectivity index (χ1n) is 8.85. The molecule has 1 N–H and O–H groups in total. The quantitative estimate of drug-likeness (QED) is 0.885. The van der Waals surface area contributed by atoms with Crippen molar-refractivity contribution in [3.63, 3.8) is 0 Å². The van der Waals surface area contributed by atoms with Crippen molar-refractivity contribution in [2.75, 3.05) is 26.7 Å². The molecule has 1 aliphatic heterocycles. The summed E-state index contributed by atoms with van der Waals surface area (Å²) < 4.78 is 13.1. The largest absolute Gasteiger partial charge is 0.493 e. The van der Waals surface area contributed by atoms with E-state index in [-0.39, 0.29) is 18.1 Å². The van der Waals surface area contributed by atoms with Gasteiger partial charge in [-0.1, -0.05) is 0 Å². The van der Waals surface area contributed by atoms with E-state index >= 15 is 0 Å². The zero-order chi connectivity index (χ0) is 18.7. The molecular weight excluding hydrogens is 332 g/mol. The van der Waals surface area contributed by atoms with E-state index in [0.717, 1.165) is 12.4 Å². The predicted octanol–water partition coefficient (Wildman–Crippen LogP) is 2.00. The van der Waals surface area contributed by atoms with Gasteiger partial charge < -0.3 is 24.3 Å². The van der Waals surface area contributed by atoms with Crippen molar-refractivity contribution in [3.8, 4) is 11.5 Å². The van der Waals surface area contributed by atoms with Gasteiger partial charge in [-0.25, -0.2) is 4.98 Å². The Morgan fingerprint density at radius 2 is 2.15 bits per heavy atom. The van der Waals surface area contributed by atoms with E-state index in [4.69, 9.17) is 9.47 Å². The van der Waals surface area contributed by atoms with Crippen LogP contribution in [0.2, 0.25) is 0 Å². The van der Waals surface area contributed by atoms with Crippen molar-refractivity contribution in [1.82, 2.24) is 19.8 Å². The molecule has 1 aromatic heterocycles. The molecule has 2 aromatic rings. The van der Waals surface area contributed by atoms with Gasteiger partial charge in [-0.2, -0.15) is 0 Å². The standard InChI is InChI=1S/C19H26N4O3/c1-13(2)26-16-6-5-14(11-17(16)25-4)19(24)23-10-7-20-12-15(23)18-21-8-9-22(18)3/h5-6,8-9,11,13,15,20H,7,10,12H2,1-4H3. The van der Waals surface area contributed by atoms with Gasteiger partial charge in [-0.15, -0.1) is 0 Å². The average molecular weight is 358 g/mol. The number of carbonyl (C=O) groups is 1. The molecule has 140 valence electrons. The molecule has 0 bridgehead atoms. The van der Waals surface area contributed by atoms with Gasteiger partial charge in [-0.05, 0) is 32.0 Å². The second kappa shape index (κ2) is 7.78. The summed E-state index contributed by atoms with van der Waals surface area (Å²) >= 11 is 0. The summed E-state index contributed by atoms with van der Waals surface area (Å²) in [6.45, 7) is 5.98. The number of hydrogen-bond acceptors (Lipinski definition) is 5. The summed E-state index contributed by atoms with van der Waals surface area (Å²) in [5.41, 5.74) is 0.582. The Labute approximate surface area is 153 Å². The molecule has 1 aromatic carbocycles. The molecule has 7 heteroatoms. The normalized spacial score (nSPS) is 17.4. The van der Waals surface area contributed by atoms with E-state index in [1.165, 1.54) is 0 Å². The molecule has 0 spiro atoms. The number of piperazine rings is 1. The van der Waals surface area contributed by atoms with Crippen LogP contribution in [0.15, 0.2) is 30.6 Å². The Balaban J connectivity index is 1.88. The fourth-order valence-electron chi connectivity index (χ4n) is 3.19. The van der Waals surface area contributed by atoms with Crippen LogP contribution in [0.3, 0.4) is 0 Å². The SMILES string of the molecule is COc1cc(C(=O)N2CCNCC2c2nccn2C)ccc1OC(C)C. The maximum atomic E-state index is 13.2. The maximum absolute atomic E-state index is 13.2. The fraction of sp³-hybridized carbons (Fsp3) is 0.474. The summed E-state index contributed by atoms with van der Waals surface area (Å²) in [6.07, 6.45) is 3.69. The van der Waals surface area contributed by atoms with Crippen LogP contribution in [-0.2, 0) is 7.05 Å². The van der Waals surface area contributed by atoms with E-state index in [1.807, 2.05) is 36.6 Å². The van der Waals surface area contributed by atoms with Gasteiger partial charge in [0.2, 0.25) is 0 Å². The minimum absolute atomic E-state index is 0.0334. The van der Waals surface area contributed by atoms with Crippen LogP contribution in [0, 0.1) is 0 Å². The lowest BCUT2D eigenvalue weighted by atomic mass is 10.1. The Morgan fingerprint density at radius 1 is 1.35 bits per heavy atom. The van der Waals surface area contributed by atoms with E-state index in [9.17, 15) is 4.79 Å². The monoisotopic (exact) mass is 358 g/mol. The number of methoxy groups -OCH3 is 1. The highest BCUT2D eigenvalue weighted by Crippen LogP contribution is 2.31. The molecule has 0 radical (unpaired) electrons. The van der Waals surface area contributed by atoms with E-state index in [0.29, 0.717) is 30.2 Å². The van der Waals surface area contributed by atoms with Crippen molar-refractivity contribution in [2.24, 2.45) is 7.05 Å². The number of rotatable bonds is 5. The van der Waals surface area contributed by atoms with Crippen molar-refractivity contribution in [2.45, 2.75) is 26.0 Å². The second-order valence-corrected chi connectivity index (χ2v) is 6.65. The molecule has 7 nitrogen and oxygen atoms in total. The molecule has 1 atom stereocenters. The number of amides is 1. The Kier molecular flexibility index (Phi) is 5.46. The van der Waals surface area contributed by atoms with Crippen LogP contribution < -0.4 is 14.8 Å². The fourth-order valence-corrected chi connectivity index (χ4v) is 3.19. The highest BCUT2D eigenvalue weighted by Gasteiger charge is 2.31. The van der Waals surface area contributed by atoms with Gasteiger partial charge in [0.05, 0.1) is 13.2 Å². The lowest BCUT2D eigenvalue weighted by molar-refractivity contribution is 0.0620. The van der Waals surface area contributed by atoms with Crippen LogP contribution >= 0.6 is 0 Å². The third kappa shape index (κ3) is 3.67.